The lowest BCUT2D eigenvalue weighted by Crippen LogP contribution is -2.52. The molecule has 0 aliphatic carbocycles. The normalized spacial score (nSPS) is 15.0. The lowest BCUT2D eigenvalue weighted by atomic mass is 10.2. The summed E-state index contributed by atoms with van der Waals surface area (Å²) < 4.78 is 5.25. The summed E-state index contributed by atoms with van der Waals surface area (Å²) in [4.78, 5) is 13.8. The second kappa shape index (κ2) is 10.3. The van der Waals surface area contributed by atoms with Gasteiger partial charge in [0.15, 0.2) is 5.96 Å². The lowest BCUT2D eigenvalue weighted by Gasteiger charge is -2.37. The van der Waals surface area contributed by atoms with E-state index >= 15 is 0 Å². The number of nitrogens with zero attached hydrogens (tertiary/aromatic N) is 4. The number of piperazine rings is 1. The summed E-state index contributed by atoms with van der Waals surface area (Å²) in [6.07, 6.45) is 3.35. The van der Waals surface area contributed by atoms with Crippen molar-refractivity contribution in [2.45, 2.75) is 26.2 Å². The predicted molar refractivity (Wildman–Crippen MR) is 118 cm³/mol. The van der Waals surface area contributed by atoms with Crippen LogP contribution in [0.2, 0.25) is 0 Å². The van der Waals surface area contributed by atoms with Crippen molar-refractivity contribution in [2.24, 2.45) is 4.99 Å². The van der Waals surface area contributed by atoms with E-state index in [1.165, 1.54) is 10.7 Å². The van der Waals surface area contributed by atoms with Gasteiger partial charge in [0.05, 0.1) is 12.1 Å². The Morgan fingerprint density at radius 1 is 1.18 bits per heavy atom. The molecule has 1 N–H and O–H groups in total. The van der Waals surface area contributed by atoms with Crippen molar-refractivity contribution in [2.75, 3.05) is 51.8 Å². The van der Waals surface area contributed by atoms with Gasteiger partial charge in [-0.3, -0.25) is 4.99 Å². The molecule has 1 fully saturated rings. The van der Waals surface area contributed by atoms with E-state index in [1.807, 2.05) is 19.2 Å². The van der Waals surface area contributed by atoms with Crippen molar-refractivity contribution in [3.05, 3.63) is 40.3 Å². The maximum Gasteiger partial charge on any atom is 0.193 e. The maximum atomic E-state index is 5.25. The largest absolute Gasteiger partial charge is 0.497 e. The molecule has 152 valence electrons. The van der Waals surface area contributed by atoms with Crippen molar-refractivity contribution < 1.29 is 4.74 Å². The minimum absolute atomic E-state index is 0.900. The average Bonchev–Trinajstić information content (AvgIpc) is 3.16. The van der Waals surface area contributed by atoms with E-state index < -0.39 is 0 Å². The number of anilines is 1. The molecule has 0 spiro atoms. The van der Waals surface area contributed by atoms with E-state index in [1.54, 1.807) is 18.4 Å². The number of aromatic nitrogens is 1. The van der Waals surface area contributed by atoms with Crippen LogP contribution in [-0.4, -0.2) is 62.7 Å². The second-order valence-corrected chi connectivity index (χ2v) is 7.93. The molecule has 0 unspecified atom stereocenters. The quantitative estimate of drug-likeness (QED) is 0.439. The third-order valence-corrected chi connectivity index (χ3v) is 6.02. The Morgan fingerprint density at radius 2 is 1.93 bits per heavy atom. The van der Waals surface area contributed by atoms with E-state index in [-0.39, 0.29) is 0 Å². The number of aryl methyl sites for hydroxylation is 2. The molecule has 0 saturated carbocycles. The molecule has 7 heteroatoms. The predicted octanol–water partition coefficient (Wildman–Crippen LogP) is 3.18. The van der Waals surface area contributed by atoms with Gasteiger partial charge in [0.25, 0.3) is 0 Å². The molecule has 6 nitrogen and oxygen atoms in total. The van der Waals surface area contributed by atoms with Crippen LogP contribution in [0.1, 0.15) is 23.5 Å². The number of guanidine groups is 1. The molecule has 2 heterocycles. The Balaban J connectivity index is 1.38. The Hall–Kier alpha value is -2.28. The molecule has 2 aromatic rings. The molecule has 1 aliphatic heterocycles. The molecule has 0 bridgehead atoms. The van der Waals surface area contributed by atoms with Gasteiger partial charge in [-0.2, -0.15) is 0 Å². The minimum atomic E-state index is 0.900. The minimum Gasteiger partial charge on any atom is -0.497 e. The number of benzene rings is 1. The van der Waals surface area contributed by atoms with Crippen LogP contribution in [0, 0.1) is 6.92 Å². The van der Waals surface area contributed by atoms with Crippen LogP contribution in [0.5, 0.6) is 5.75 Å². The fraction of sp³-hybridized carbons (Fsp3) is 0.524. The van der Waals surface area contributed by atoms with Gasteiger partial charge in [0.2, 0.25) is 0 Å². The van der Waals surface area contributed by atoms with Crippen molar-refractivity contribution in [1.82, 2.24) is 15.2 Å². The Kier molecular flexibility index (Phi) is 7.54. The Bertz CT molecular complexity index is 750. The SMILES string of the molecule is CN=C(NCCCCc1nc(C)cs1)N1CCN(c2ccc(OC)cc2)CC1. The van der Waals surface area contributed by atoms with Crippen LogP contribution in [-0.2, 0) is 6.42 Å². The van der Waals surface area contributed by atoms with Gasteiger partial charge in [-0.05, 0) is 50.5 Å². The average molecular weight is 402 g/mol. The molecule has 0 radical (unpaired) electrons. The topological polar surface area (TPSA) is 53.0 Å². The highest BCUT2D eigenvalue weighted by Crippen LogP contribution is 2.20. The summed E-state index contributed by atoms with van der Waals surface area (Å²) >= 11 is 1.77. The van der Waals surface area contributed by atoms with E-state index in [9.17, 15) is 0 Å². The highest BCUT2D eigenvalue weighted by Gasteiger charge is 2.19. The number of unbranched alkanes of at least 4 members (excludes halogenated alkanes) is 1. The first-order valence-electron chi connectivity index (χ1n) is 9.95. The smallest absolute Gasteiger partial charge is 0.193 e. The van der Waals surface area contributed by atoms with E-state index in [0.717, 1.165) is 69.4 Å². The molecule has 28 heavy (non-hydrogen) atoms. The fourth-order valence-corrected chi connectivity index (χ4v) is 4.24. The summed E-state index contributed by atoms with van der Waals surface area (Å²) in [6.45, 7) is 6.96. The molecule has 0 atom stereocenters. The lowest BCUT2D eigenvalue weighted by molar-refractivity contribution is 0.372. The number of thiazole rings is 1. The summed E-state index contributed by atoms with van der Waals surface area (Å²) in [5, 5.41) is 6.90. The number of hydrogen-bond donors (Lipinski definition) is 1. The van der Waals surface area contributed by atoms with Gasteiger partial charge >= 0.3 is 0 Å². The van der Waals surface area contributed by atoms with Crippen LogP contribution in [0.3, 0.4) is 0 Å². The summed E-state index contributed by atoms with van der Waals surface area (Å²) in [5.74, 6) is 1.91. The second-order valence-electron chi connectivity index (χ2n) is 6.99. The first kappa shape index (κ1) is 20.5. The molecule has 3 rings (SSSR count). The number of aliphatic imine (C=N–C) groups is 1. The molecule has 0 amide bonds. The van der Waals surface area contributed by atoms with Gasteiger partial charge in [0.1, 0.15) is 5.75 Å². The monoisotopic (exact) mass is 401 g/mol. The number of hydrogen-bond acceptors (Lipinski definition) is 5. The molecule has 1 aromatic carbocycles. The van der Waals surface area contributed by atoms with E-state index in [0.29, 0.717) is 0 Å². The molecular formula is C21H31N5OS. The van der Waals surface area contributed by atoms with Crippen molar-refractivity contribution in [3.63, 3.8) is 0 Å². The fourth-order valence-electron chi connectivity index (χ4n) is 3.42. The zero-order valence-corrected chi connectivity index (χ0v) is 18.0. The summed E-state index contributed by atoms with van der Waals surface area (Å²) in [6, 6.07) is 8.31. The Morgan fingerprint density at radius 3 is 2.54 bits per heavy atom. The first-order valence-corrected chi connectivity index (χ1v) is 10.8. The van der Waals surface area contributed by atoms with Crippen molar-refractivity contribution in [1.29, 1.82) is 0 Å². The van der Waals surface area contributed by atoms with Gasteiger partial charge in [-0.1, -0.05) is 0 Å². The molecule has 1 aromatic heterocycles. The molecule has 1 saturated heterocycles. The zero-order valence-electron chi connectivity index (χ0n) is 17.1. The van der Waals surface area contributed by atoms with Crippen LogP contribution in [0.4, 0.5) is 5.69 Å². The van der Waals surface area contributed by atoms with Gasteiger partial charge in [-0.25, -0.2) is 4.98 Å². The molecular weight excluding hydrogens is 370 g/mol. The molecule has 1 aliphatic rings. The third-order valence-electron chi connectivity index (χ3n) is 5.00. The van der Waals surface area contributed by atoms with Crippen LogP contribution < -0.4 is 15.0 Å². The van der Waals surface area contributed by atoms with E-state index in [4.69, 9.17) is 4.74 Å². The van der Waals surface area contributed by atoms with Crippen LogP contribution in [0.25, 0.3) is 0 Å². The summed E-state index contributed by atoms with van der Waals surface area (Å²) in [7, 11) is 3.57. The maximum absolute atomic E-state index is 5.25. The van der Waals surface area contributed by atoms with Crippen LogP contribution in [0.15, 0.2) is 34.6 Å². The number of methoxy groups -OCH3 is 1. The summed E-state index contributed by atoms with van der Waals surface area (Å²) in [5.41, 5.74) is 2.38. The van der Waals surface area contributed by atoms with Crippen molar-refractivity contribution >= 4 is 23.0 Å². The van der Waals surface area contributed by atoms with Gasteiger partial charge < -0.3 is 19.9 Å². The Labute approximate surface area is 172 Å². The third kappa shape index (κ3) is 5.61. The highest BCUT2D eigenvalue weighted by atomic mass is 32.1. The number of nitrogens with one attached hydrogen (secondary N) is 1. The standard InChI is InChI=1S/C21H31N5OS/c1-17-16-28-20(24-17)6-4-5-11-23-21(22-2)26-14-12-25(13-15-26)18-7-9-19(27-3)10-8-18/h7-10,16H,4-6,11-15H2,1-3H3,(H,22,23). The van der Waals surface area contributed by atoms with E-state index in [2.05, 4.69) is 49.5 Å². The van der Waals surface area contributed by atoms with Gasteiger partial charge in [0, 0.05) is 56.5 Å². The number of ether oxygens (including phenoxy) is 1. The first-order chi connectivity index (χ1) is 13.7. The zero-order chi connectivity index (χ0) is 19.8. The van der Waals surface area contributed by atoms with Crippen molar-refractivity contribution in [3.8, 4) is 5.75 Å². The van der Waals surface area contributed by atoms with Crippen LogP contribution >= 0.6 is 11.3 Å². The number of rotatable bonds is 7. The van der Waals surface area contributed by atoms with Gasteiger partial charge in [-0.15, -0.1) is 11.3 Å². The highest BCUT2D eigenvalue weighted by molar-refractivity contribution is 7.09.